The summed E-state index contributed by atoms with van der Waals surface area (Å²) in [5.74, 6) is -0.253. The van der Waals surface area contributed by atoms with Gasteiger partial charge in [-0.25, -0.2) is 0 Å². The van der Waals surface area contributed by atoms with Crippen molar-refractivity contribution < 1.29 is 9.59 Å². The monoisotopic (exact) mass is 367 g/mol. The maximum atomic E-state index is 12.4. The van der Waals surface area contributed by atoms with Crippen LogP contribution in [0.1, 0.15) is 42.3 Å². The van der Waals surface area contributed by atoms with E-state index in [1.807, 2.05) is 47.0 Å². The highest BCUT2D eigenvalue weighted by Gasteiger charge is 2.21. The number of hydrogen-bond donors (Lipinski definition) is 2. The van der Waals surface area contributed by atoms with Crippen LogP contribution in [-0.2, 0) is 17.9 Å². The van der Waals surface area contributed by atoms with Crippen LogP contribution in [0.2, 0.25) is 0 Å². The zero-order valence-electron chi connectivity index (χ0n) is 16.8. The van der Waals surface area contributed by atoms with E-state index in [9.17, 15) is 9.59 Å². The third kappa shape index (κ3) is 6.53. The van der Waals surface area contributed by atoms with Crippen LogP contribution in [0.25, 0.3) is 0 Å². The molecule has 0 atom stereocenters. The second-order valence-corrected chi connectivity index (χ2v) is 8.02. The highest BCUT2D eigenvalue weighted by molar-refractivity contribution is 5.98. The molecule has 2 aromatic carbocycles. The maximum Gasteiger partial charge on any atom is 0.251 e. The number of carbonyl (C=O) groups is 2. The fourth-order valence-corrected chi connectivity index (χ4v) is 2.47. The molecular formula is C22H29N3O2. The molecule has 0 aromatic heterocycles. The highest BCUT2D eigenvalue weighted by atomic mass is 16.2. The third-order valence-corrected chi connectivity index (χ3v) is 4.04. The minimum atomic E-state index is -0.489. The summed E-state index contributed by atoms with van der Waals surface area (Å²) in [6.07, 6.45) is 0. The van der Waals surface area contributed by atoms with E-state index in [1.54, 1.807) is 24.3 Å². The number of amides is 2. The lowest BCUT2D eigenvalue weighted by molar-refractivity contribution is -0.123. The van der Waals surface area contributed by atoms with Gasteiger partial charge in [0.15, 0.2) is 0 Å². The van der Waals surface area contributed by atoms with Gasteiger partial charge in [0.05, 0.1) is 0 Å². The zero-order chi connectivity index (χ0) is 20.0. The maximum absolute atomic E-state index is 12.4. The number of nitrogens with one attached hydrogen (secondary N) is 2. The molecule has 144 valence electrons. The second kappa shape index (κ2) is 8.82. The Kier molecular flexibility index (Phi) is 6.75. The molecule has 5 heteroatoms. The number of anilines is 1. The minimum Gasteiger partial charge on any atom is -0.348 e. The van der Waals surface area contributed by atoms with Crippen LogP contribution in [0, 0.1) is 5.41 Å². The first-order valence-corrected chi connectivity index (χ1v) is 9.07. The Balaban J connectivity index is 1.96. The van der Waals surface area contributed by atoms with Gasteiger partial charge in [-0.05, 0) is 43.4 Å². The van der Waals surface area contributed by atoms with Crippen LogP contribution < -0.4 is 10.6 Å². The molecule has 0 saturated heterocycles. The van der Waals surface area contributed by atoms with Crippen LogP contribution in [0.4, 0.5) is 5.69 Å². The first-order valence-electron chi connectivity index (χ1n) is 9.07. The number of nitrogens with zero attached hydrogens (tertiary/aromatic N) is 1. The lowest BCUT2D eigenvalue weighted by Crippen LogP contribution is -2.28. The van der Waals surface area contributed by atoms with Crippen LogP contribution >= 0.6 is 0 Å². The van der Waals surface area contributed by atoms with E-state index >= 15 is 0 Å². The van der Waals surface area contributed by atoms with E-state index < -0.39 is 5.41 Å². The summed E-state index contributed by atoms with van der Waals surface area (Å²) in [5, 5.41) is 5.77. The molecule has 0 saturated carbocycles. The van der Waals surface area contributed by atoms with Crippen molar-refractivity contribution in [3.63, 3.8) is 0 Å². The molecule has 0 aliphatic rings. The molecule has 27 heavy (non-hydrogen) atoms. The summed E-state index contributed by atoms with van der Waals surface area (Å²) in [4.78, 5) is 26.7. The van der Waals surface area contributed by atoms with Gasteiger partial charge in [-0.3, -0.25) is 9.59 Å². The number of benzene rings is 2. The number of rotatable bonds is 6. The van der Waals surface area contributed by atoms with Crippen molar-refractivity contribution in [1.29, 1.82) is 0 Å². The zero-order valence-corrected chi connectivity index (χ0v) is 16.8. The van der Waals surface area contributed by atoms with Crippen LogP contribution in [0.3, 0.4) is 0 Å². The Bertz CT molecular complexity index is 790. The topological polar surface area (TPSA) is 61.4 Å². The van der Waals surface area contributed by atoms with Gasteiger partial charge in [0.1, 0.15) is 0 Å². The Morgan fingerprint density at radius 2 is 1.59 bits per heavy atom. The lowest BCUT2D eigenvalue weighted by atomic mass is 9.95. The summed E-state index contributed by atoms with van der Waals surface area (Å²) in [7, 11) is 4.07. The van der Waals surface area contributed by atoms with E-state index in [0.717, 1.165) is 12.1 Å². The predicted octanol–water partition coefficient (Wildman–Crippen LogP) is 3.66. The number of hydrogen-bond acceptors (Lipinski definition) is 3. The van der Waals surface area contributed by atoms with Gasteiger partial charge in [0, 0.05) is 29.8 Å². The summed E-state index contributed by atoms with van der Waals surface area (Å²) in [6, 6.07) is 15.2. The Hall–Kier alpha value is -2.66. The molecule has 5 nitrogen and oxygen atoms in total. The summed E-state index contributed by atoms with van der Waals surface area (Å²) < 4.78 is 0. The average Bonchev–Trinajstić information content (AvgIpc) is 2.60. The Morgan fingerprint density at radius 3 is 2.19 bits per heavy atom. The van der Waals surface area contributed by atoms with E-state index in [4.69, 9.17) is 0 Å². The molecular weight excluding hydrogens is 338 g/mol. The van der Waals surface area contributed by atoms with Crippen molar-refractivity contribution in [3.8, 4) is 0 Å². The molecule has 2 amide bonds. The van der Waals surface area contributed by atoms with Crippen molar-refractivity contribution in [2.24, 2.45) is 5.41 Å². The standard InChI is InChI=1S/C22H29N3O2/c1-22(2,3)21(27)24-19-8-6-7-18(13-19)20(26)23-14-16-9-11-17(12-10-16)15-25(4)5/h6-13H,14-15H2,1-5H3,(H,23,26)(H,24,27). The van der Waals surface area contributed by atoms with E-state index in [1.165, 1.54) is 5.56 Å². The Morgan fingerprint density at radius 1 is 0.963 bits per heavy atom. The fourth-order valence-electron chi connectivity index (χ4n) is 2.47. The van der Waals surface area contributed by atoms with Crippen LogP contribution in [0.5, 0.6) is 0 Å². The molecule has 0 unspecified atom stereocenters. The summed E-state index contributed by atoms with van der Waals surface area (Å²) >= 11 is 0. The van der Waals surface area contributed by atoms with Crippen molar-refractivity contribution in [1.82, 2.24) is 10.2 Å². The van der Waals surface area contributed by atoms with E-state index in [0.29, 0.717) is 17.8 Å². The molecule has 2 rings (SSSR count). The molecule has 0 aliphatic heterocycles. The number of carbonyl (C=O) groups excluding carboxylic acids is 2. The SMILES string of the molecule is CN(C)Cc1ccc(CNC(=O)c2cccc(NC(=O)C(C)(C)C)c2)cc1. The second-order valence-electron chi connectivity index (χ2n) is 8.02. The van der Waals surface area contributed by atoms with Gasteiger partial charge in [-0.1, -0.05) is 51.1 Å². The van der Waals surface area contributed by atoms with E-state index in [-0.39, 0.29) is 11.8 Å². The summed E-state index contributed by atoms with van der Waals surface area (Å²) in [6.45, 7) is 6.90. The van der Waals surface area contributed by atoms with Crippen molar-refractivity contribution >= 4 is 17.5 Å². The molecule has 0 aliphatic carbocycles. The van der Waals surface area contributed by atoms with E-state index in [2.05, 4.69) is 27.7 Å². The highest BCUT2D eigenvalue weighted by Crippen LogP contribution is 2.18. The van der Waals surface area contributed by atoms with Crippen molar-refractivity contribution in [2.75, 3.05) is 19.4 Å². The lowest BCUT2D eigenvalue weighted by Gasteiger charge is -2.18. The first kappa shape index (κ1) is 20.6. The fraction of sp³-hybridized carbons (Fsp3) is 0.364. The molecule has 0 heterocycles. The normalized spacial score (nSPS) is 11.3. The molecule has 0 spiro atoms. The van der Waals surface area contributed by atoms with Crippen molar-refractivity contribution in [3.05, 3.63) is 65.2 Å². The molecule has 0 radical (unpaired) electrons. The summed E-state index contributed by atoms with van der Waals surface area (Å²) in [5.41, 5.74) is 2.93. The van der Waals surface area contributed by atoms with Gasteiger partial charge in [-0.2, -0.15) is 0 Å². The van der Waals surface area contributed by atoms with Crippen LogP contribution in [-0.4, -0.2) is 30.8 Å². The molecule has 0 fully saturated rings. The Labute approximate surface area is 161 Å². The van der Waals surface area contributed by atoms with Gasteiger partial charge in [-0.15, -0.1) is 0 Å². The minimum absolute atomic E-state index is 0.0853. The first-order chi connectivity index (χ1) is 12.6. The molecule has 2 aromatic rings. The third-order valence-electron chi connectivity index (χ3n) is 4.04. The molecule has 2 N–H and O–H groups in total. The molecule has 0 bridgehead atoms. The van der Waals surface area contributed by atoms with Gasteiger partial charge >= 0.3 is 0 Å². The average molecular weight is 367 g/mol. The van der Waals surface area contributed by atoms with Crippen LogP contribution in [0.15, 0.2) is 48.5 Å². The van der Waals surface area contributed by atoms with Crippen molar-refractivity contribution in [2.45, 2.75) is 33.9 Å². The smallest absolute Gasteiger partial charge is 0.251 e. The van der Waals surface area contributed by atoms with Gasteiger partial charge < -0.3 is 15.5 Å². The van der Waals surface area contributed by atoms with Gasteiger partial charge in [0.2, 0.25) is 5.91 Å². The predicted molar refractivity (Wildman–Crippen MR) is 110 cm³/mol. The largest absolute Gasteiger partial charge is 0.348 e. The quantitative estimate of drug-likeness (QED) is 0.819. The van der Waals surface area contributed by atoms with Gasteiger partial charge in [0.25, 0.3) is 5.91 Å².